The molecular weight excluding hydrogens is 246 g/mol. The van der Waals surface area contributed by atoms with Crippen molar-refractivity contribution < 1.29 is 14.7 Å². The van der Waals surface area contributed by atoms with Crippen molar-refractivity contribution in [1.29, 1.82) is 0 Å². The lowest BCUT2D eigenvalue weighted by atomic mass is 9.84. The highest BCUT2D eigenvalue weighted by Gasteiger charge is 2.45. The van der Waals surface area contributed by atoms with Crippen LogP contribution in [-0.2, 0) is 4.79 Å². The van der Waals surface area contributed by atoms with Crippen molar-refractivity contribution in [2.45, 2.75) is 38.6 Å². The summed E-state index contributed by atoms with van der Waals surface area (Å²) in [5.74, 6) is -0.791. The molecule has 2 atom stereocenters. The third kappa shape index (κ3) is 2.68. The molecule has 2 aliphatic heterocycles. The van der Waals surface area contributed by atoms with E-state index in [0.717, 1.165) is 19.4 Å². The van der Waals surface area contributed by atoms with Crippen molar-refractivity contribution in [3.8, 4) is 0 Å². The van der Waals surface area contributed by atoms with Gasteiger partial charge in [-0.15, -0.1) is 0 Å². The van der Waals surface area contributed by atoms with E-state index in [2.05, 4.69) is 0 Å². The SMILES string of the molecule is CCC1(C(=O)O)CCN(C(=O)N2CCCC(N)C2)C1. The van der Waals surface area contributed by atoms with Gasteiger partial charge in [-0.25, -0.2) is 4.79 Å². The molecule has 0 saturated carbocycles. The number of piperidine rings is 1. The molecule has 0 radical (unpaired) electrons. The minimum absolute atomic E-state index is 0.0493. The van der Waals surface area contributed by atoms with E-state index >= 15 is 0 Å². The highest BCUT2D eigenvalue weighted by atomic mass is 16.4. The van der Waals surface area contributed by atoms with Crippen LogP contribution in [0.3, 0.4) is 0 Å². The van der Waals surface area contributed by atoms with E-state index in [-0.39, 0.29) is 12.1 Å². The Morgan fingerprint density at radius 3 is 2.63 bits per heavy atom. The Hall–Kier alpha value is -1.30. The third-order valence-electron chi connectivity index (χ3n) is 4.48. The fourth-order valence-corrected chi connectivity index (χ4v) is 3.03. The van der Waals surface area contributed by atoms with Crippen molar-refractivity contribution in [2.24, 2.45) is 11.1 Å². The van der Waals surface area contributed by atoms with Crippen molar-refractivity contribution in [3.05, 3.63) is 0 Å². The summed E-state index contributed by atoms with van der Waals surface area (Å²) in [5, 5.41) is 9.34. The molecule has 2 rings (SSSR count). The van der Waals surface area contributed by atoms with E-state index in [1.165, 1.54) is 0 Å². The van der Waals surface area contributed by atoms with Crippen molar-refractivity contribution in [3.63, 3.8) is 0 Å². The molecule has 0 bridgehead atoms. The van der Waals surface area contributed by atoms with Gasteiger partial charge >= 0.3 is 12.0 Å². The second-order valence-electron chi connectivity index (χ2n) is 5.74. The summed E-state index contributed by atoms with van der Waals surface area (Å²) >= 11 is 0. The number of urea groups is 1. The number of carboxylic acids is 1. The number of carboxylic acid groups (broad SMARTS) is 1. The van der Waals surface area contributed by atoms with Gasteiger partial charge in [0, 0.05) is 32.2 Å². The molecule has 108 valence electrons. The first-order valence-electron chi connectivity index (χ1n) is 7.01. The molecule has 0 spiro atoms. The number of amides is 2. The van der Waals surface area contributed by atoms with Crippen molar-refractivity contribution >= 4 is 12.0 Å². The summed E-state index contributed by atoms with van der Waals surface area (Å²) in [5.41, 5.74) is 5.13. The zero-order chi connectivity index (χ0) is 14.0. The van der Waals surface area contributed by atoms with Crippen LogP contribution in [0.15, 0.2) is 0 Å². The molecule has 2 saturated heterocycles. The average molecular weight is 269 g/mol. The van der Waals surface area contributed by atoms with Gasteiger partial charge in [0.05, 0.1) is 5.41 Å². The number of hydrogen-bond acceptors (Lipinski definition) is 3. The smallest absolute Gasteiger partial charge is 0.320 e. The summed E-state index contributed by atoms with van der Waals surface area (Å²) in [6.07, 6.45) is 2.99. The molecule has 19 heavy (non-hydrogen) atoms. The Labute approximate surface area is 113 Å². The Morgan fingerprint density at radius 1 is 1.37 bits per heavy atom. The molecule has 6 nitrogen and oxygen atoms in total. The number of carbonyl (C=O) groups excluding carboxylic acids is 1. The second-order valence-corrected chi connectivity index (χ2v) is 5.74. The van der Waals surface area contributed by atoms with E-state index in [4.69, 9.17) is 5.73 Å². The fourth-order valence-electron chi connectivity index (χ4n) is 3.03. The Morgan fingerprint density at radius 2 is 2.11 bits per heavy atom. The van der Waals surface area contributed by atoms with Crippen LogP contribution in [0.4, 0.5) is 4.79 Å². The summed E-state index contributed by atoms with van der Waals surface area (Å²) in [7, 11) is 0. The molecular formula is C13H23N3O3. The van der Waals surface area contributed by atoms with Gasteiger partial charge in [0.2, 0.25) is 0 Å². The van der Waals surface area contributed by atoms with Crippen LogP contribution in [0, 0.1) is 5.41 Å². The molecule has 3 N–H and O–H groups in total. The average Bonchev–Trinajstić information content (AvgIpc) is 2.83. The first kappa shape index (κ1) is 14.1. The Kier molecular flexibility index (Phi) is 3.99. The van der Waals surface area contributed by atoms with Crippen LogP contribution in [0.1, 0.15) is 32.6 Å². The minimum atomic E-state index is -0.791. The van der Waals surface area contributed by atoms with Crippen LogP contribution < -0.4 is 5.73 Å². The largest absolute Gasteiger partial charge is 0.481 e. The predicted octanol–water partition coefficient (Wildman–Crippen LogP) is 0.716. The van der Waals surface area contributed by atoms with Gasteiger partial charge in [-0.1, -0.05) is 6.92 Å². The van der Waals surface area contributed by atoms with Gasteiger partial charge in [-0.05, 0) is 25.7 Å². The molecule has 2 unspecified atom stereocenters. The van der Waals surface area contributed by atoms with Crippen molar-refractivity contribution in [1.82, 2.24) is 9.80 Å². The number of aliphatic carboxylic acids is 1. The minimum Gasteiger partial charge on any atom is -0.481 e. The van der Waals surface area contributed by atoms with Crippen LogP contribution in [0.2, 0.25) is 0 Å². The molecule has 0 aromatic carbocycles. The van der Waals surface area contributed by atoms with Gasteiger partial charge in [0.15, 0.2) is 0 Å². The number of nitrogens with zero attached hydrogens (tertiary/aromatic N) is 2. The van der Waals surface area contributed by atoms with Gasteiger partial charge in [0.25, 0.3) is 0 Å². The Balaban J connectivity index is 2.00. The van der Waals surface area contributed by atoms with E-state index in [9.17, 15) is 14.7 Å². The van der Waals surface area contributed by atoms with Gasteiger partial charge in [-0.3, -0.25) is 4.79 Å². The van der Waals surface area contributed by atoms with E-state index in [1.807, 2.05) is 6.92 Å². The predicted molar refractivity (Wildman–Crippen MR) is 70.7 cm³/mol. The molecule has 6 heteroatoms. The second kappa shape index (κ2) is 5.36. The maximum atomic E-state index is 12.4. The lowest BCUT2D eigenvalue weighted by Gasteiger charge is -2.34. The molecule has 2 aliphatic rings. The molecule has 2 amide bonds. The van der Waals surface area contributed by atoms with Gasteiger partial charge in [0.1, 0.15) is 0 Å². The van der Waals surface area contributed by atoms with Crippen LogP contribution in [0.5, 0.6) is 0 Å². The highest BCUT2D eigenvalue weighted by Crippen LogP contribution is 2.34. The molecule has 0 aliphatic carbocycles. The topological polar surface area (TPSA) is 86.9 Å². The van der Waals surface area contributed by atoms with Crippen molar-refractivity contribution in [2.75, 3.05) is 26.2 Å². The first-order valence-corrected chi connectivity index (χ1v) is 7.01. The number of hydrogen-bond donors (Lipinski definition) is 2. The van der Waals surface area contributed by atoms with Gasteiger partial charge < -0.3 is 20.6 Å². The van der Waals surface area contributed by atoms with E-state index < -0.39 is 11.4 Å². The summed E-state index contributed by atoms with van der Waals surface area (Å²) in [4.78, 5) is 27.2. The number of likely N-dealkylation sites (tertiary alicyclic amines) is 2. The maximum absolute atomic E-state index is 12.4. The summed E-state index contributed by atoms with van der Waals surface area (Å²) in [6, 6.07) is 0.00225. The monoisotopic (exact) mass is 269 g/mol. The van der Waals surface area contributed by atoms with Crippen LogP contribution >= 0.6 is 0 Å². The fraction of sp³-hybridized carbons (Fsp3) is 0.846. The van der Waals surface area contributed by atoms with Gasteiger partial charge in [-0.2, -0.15) is 0 Å². The maximum Gasteiger partial charge on any atom is 0.320 e. The summed E-state index contributed by atoms with van der Waals surface area (Å²) in [6.45, 7) is 4.05. The molecule has 2 heterocycles. The van der Waals surface area contributed by atoms with E-state index in [0.29, 0.717) is 32.5 Å². The first-order chi connectivity index (χ1) is 8.98. The lowest BCUT2D eigenvalue weighted by Crippen LogP contribution is -2.51. The normalized spacial score (nSPS) is 31.6. The molecule has 2 fully saturated rings. The summed E-state index contributed by atoms with van der Waals surface area (Å²) < 4.78 is 0. The van der Waals surface area contributed by atoms with E-state index in [1.54, 1.807) is 9.80 Å². The number of nitrogens with two attached hydrogens (primary N) is 1. The number of rotatable bonds is 2. The third-order valence-corrected chi connectivity index (χ3v) is 4.48. The molecule has 0 aromatic rings. The number of carbonyl (C=O) groups is 2. The zero-order valence-electron chi connectivity index (χ0n) is 11.5. The van der Waals surface area contributed by atoms with Crippen LogP contribution in [0.25, 0.3) is 0 Å². The quantitative estimate of drug-likeness (QED) is 0.773. The lowest BCUT2D eigenvalue weighted by molar-refractivity contribution is -0.148. The van der Waals surface area contributed by atoms with Crippen LogP contribution in [-0.4, -0.2) is 59.1 Å². The Bertz CT molecular complexity index is 374. The highest BCUT2D eigenvalue weighted by molar-refractivity contribution is 5.79. The zero-order valence-corrected chi connectivity index (χ0v) is 11.5. The standard InChI is InChI=1S/C13H23N3O3/c1-2-13(11(17)18)5-7-16(9-13)12(19)15-6-3-4-10(14)8-15/h10H,2-9,14H2,1H3,(H,17,18). The molecule has 0 aromatic heterocycles.